The molecule has 0 atom stereocenters. The molecule has 1 amide bonds. The fourth-order valence-electron chi connectivity index (χ4n) is 2.85. The normalized spacial score (nSPS) is 10.3. The molecule has 0 fully saturated rings. The van der Waals surface area contributed by atoms with Crippen molar-refractivity contribution in [2.75, 3.05) is 6.54 Å². The number of nitrogens with two attached hydrogens (primary N) is 2. The summed E-state index contributed by atoms with van der Waals surface area (Å²) in [6.07, 6.45) is 1.98. The number of carbonyl (C=O) groups is 1. The van der Waals surface area contributed by atoms with Gasteiger partial charge in [-0.2, -0.15) is 0 Å². The highest BCUT2D eigenvalue weighted by atomic mass is 35.5. The SMILES string of the molecule is Cl.Cl.NCCc1nc2ccc(-c3cccc(-c4nc(C(N)=O)co4)c3)cc2[nH]1. The van der Waals surface area contributed by atoms with Crippen LogP contribution in [0.15, 0.2) is 53.1 Å². The second-order valence-electron chi connectivity index (χ2n) is 5.94. The second kappa shape index (κ2) is 8.88. The van der Waals surface area contributed by atoms with Gasteiger partial charge in [-0.3, -0.25) is 4.79 Å². The molecule has 0 radical (unpaired) electrons. The van der Waals surface area contributed by atoms with E-state index in [0.717, 1.165) is 33.5 Å². The first-order chi connectivity index (χ1) is 12.6. The third kappa shape index (κ3) is 4.17. The maximum absolute atomic E-state index is 11.2. The van der Waals surface area contributed by atoms with E-state index < -0.39 is 5.91 Å². The Hall–Kier alpha value is -2.87. The van der Waals surface area contributed by atoms with Gasteiger partial charge < -0.3 is 20.9 Å². The third-order valence-corrected chi connectivity index (χ3v) is 4.11. The summed E-state index contributed by atoms with van der Waals surface area (Å²) in [5.74, 6) is 0.620. The van der Waals surface area contributed by atoms with E-state index in [1.165, 1.54) is 6.26 Å². The minimum absolute atomic E-state index is 0. The van der Waals surface area contributed by atoms with Gasteiger partial charge in [-0.1, -0.05) is 18.2 Å². The summed E-state index contributed by atoms with van der Waals surface area (Å²) < 4.78 is 5.36. The smallest absolute Gasteiger partial charge is 0.270 e. The molecule has 2 aromatic heterocycles. The molecule has 2 heterocycles. The lowest BCUT2D eigenvalue weighted by Crippen LogP contribution is -2.10. The van der Waals surface area contributed by atoms with Crippen molar-refractivity contribution >= 4 is 41.8 Å². The van der Waals surface area contributed by atoms with Crippen LogP contribution in [-0.2, 0) is 6.42 Å². The number of H-pyrrole nitrogens is 1. The molecular formula is C19H19Cl2N5O2. The third-order valence-electron chi connectivity index (χ3n) is 4.11. The average molecular weight is 420 g/mol. The van der Waals surface area contributed by atoms with Crippen LogP contribution in [0, 0.1) is 0 Å². The number of primary amides is 1. The number of hydrogen-bond donors (Lipinski definition) is 3. The number of amides is 1. The van der Waals surface area contributed by atoms with E-state index in [9.17, 15) is 4.79 Å². The van der Waals surface area contributed by atoms with E-state index in [0.29, 0.717) is 18.9 Å². The molecule has 0 aliphatic carbocycles. The molecule has 0 saturated carbocycles. The quantitative estimate of drug-likeness (QED) is 0.457. The van der Waals surface area contributed by atoms with Crippen molar-refractivity contribution in [2.45, 2.75) is 6.42 Å². The van der Waals surface area contributed by atoms with E-state index in [4.69, 9.17) is 15.9 Å². The van der Waals surface area contributed by atoms with Crippen molar-refractivity contribution in [3.63, 3.8) is 0 Å². The van der Waals surface area contributed by atoms with Crippen LogP contribution in [-0.4, -0.2) is 27.4 Å². The van der Waals surface area contributed by atoms with Gasteiger partial charge in [0.1, 0.15) is 12.1 Å². The van der Waals surface area contributed by atoms with Crippen LogP contribution in [0.4, 0.5) is 0 Å². The Bertz CT molecular complexity index is 1110. The number of nitrogens with zero attached hydrogens (tertiary/aromatic N) is 2. The Labute approximate surface area is 173 Å². The Kier molecular flexibility index (Phi) is 6.80. The molecule has 4 rings (SSSR count). The topological polar surface area (TPSA) is 124 Å². The fraction of sp³-hybridized carbons (Fsp3) is 0.105. The van der Waals surface area contributed by atoms with Crippen LogP contribution >= 0.6 is 24.8 Å². The van der Waals surface area contributed by atoms with Crippen LogP contribution in [0.1, 0.15) is 16.3 Å². The molecule has 0 bridgehead atoms. The Balaban J connectivity index is 0.00000140. The molecule has 9 heteroatoms. The lowest BCUT2D eigenvalue weighted by atomic mass is 10.0. The Morgan fingerprint density at radius 2 is 1.79 bits per heavy atom. The van der Waals surface area contributed by atoms with Crippen molar-refractivity contribution < 1.29 is 9.21 Å². The van der Waals surface area contributed by atoms with Gasteiger partial charge in [-0.05, 0) is 41.9 Å². The van der Waals surface area contributed by atoms with Crippen molar-refractivity contribution in [1.29, 1.82) is 0 Å². The highest BCUT2D eigenvalue weighted by molar-refractivity contribution is 5.91. The zero-order valence-electron chi connectivity index (χ0n) is 14.7. The predicted molar refractivity (Wildman–Crippen MR) is 113 cm³/mol. The number of aromatic amines is 1. The summed E-state index contributed by atoms with van der Waals surface area (Å²) in [5, 5.41) is 0. The molecule has 5 N–H and O–H groups in total. The molecule has 0 saturated heterocycles. The fourth-order valence-corrected chi connectivity index (χ4v) is 2.85. The van der Waals surface area contributed by atoms with Gasteiger partial charge in [0.15, 0.2) is 5.69 Å². The van der Waals surface area contributed by atoms with Gasteiger partial charge >= 0.3 is 0 Å². The molecule has 28 heavy (non-hydrogen) atoms. The van der Waals surface area contributed by atoms with Gasteiger partial charge in [0.25, 0.3) is 5.91 Å². The highest BCUT2D eigenvalue weighted by Gasteiger charge is 2.12. The summed E-state index contributed by atoms with van der Waals surface area (Å²) >= 11 is 0. The maximum atomic E-state index is 11.2. The average Bonchev–Trinajstić information content (AvgIpc) is 3.28. The largest absolute Gasteiger partial charge is 0.444 e. The predicted octanol–water partition coefficient (Wildman–Crippen LogP) is 3.33. The zero-order chi connectivity index (χ0) is 18.1. The maximum Gasteiger partial charge on any atom is 0.270 e. The molecule has 2 aromatic carbocycles. The summed E-state index contributed by atoms with van der Waals surface area (Å²) in [7, 11) is 0. The summed E-state index contributed by atoms with van der Waals surface area (Å²) in [4.78, 5) is 23.1. The minimum atomic E-state index is -0.617. The van der Waals surface area contributed by atoms with Crippen LogP contribution in [0.2, 0.25) is 0 Å². The summed E-state index contributed by atoms with van der Waals surface area (Å²) in [6.45, 7) is 0.554. The molecule has 0 aliphatic rings. The number of imidazole rings is 1. The Morgan fingerprint density at radius 1 is 1.04 bits per heavy atom. The van der Waals surface area contributed by atoms with Gasteiger partial charge in [0, 0.05) is 12.0 Å². The molecular weight excluding hydrogens is 401 g/mol. The lowest BCUT2D eigenvalue weighted by Gasteiger charge is -2.03. The monoisotopic (exact) mass is 419 g/mol. The van der Waals surface area contributed by atoms with Crippen LogP contribution < -0.4 is 11.5 Å². The first kappa shape index (κ1) is 21.4. The summed E-state index contributed by atoms with van der Waals surface area (Å²) in [6, 6.07) is 13.8. The molecule has 4 aromatic rings. The van der Waals surface area contributed by atoms with E-state index in [1.54, 1.807) is 0 Å². The van der Waals surface area contributed by atoms with Gasteiger partial charge in [-0.15, -0.1) is 24.8 Å². The number of oxazole rings is 1. The van der Waals surface area contributed by atoms with Crippen LogP contribution in [0.25, 0.3) is 33.6 Å². The van der Waals surface area contributed by atoms with E-state index in [2.05, 4.69) is 15.0 Å². The second-order valence-corrected chi connectivity index (χ2v) is 5.94. The standard InChI is InChI=1S/C19H17N5O2.2ClH/c20-7-6-17-22-14-5-4-12(9-15(14)23-17)11-2-1-3-13(8-11)19-24-16(10-26-19)18(21)25;;/h1-5,8-10H,6-7,20H2,(H2,21,25)(H,22,23);2*1H. The number of aromatic nitrogens is 3. The van der Waals surface area contributed by atoms with Crippen molar-refractivity contribution in [2.24, 2.45) is 11.5 Å². The molecule has 7 nitrogen and oxygen atoms in total. The number of rotatable bonds is 5. The lowest BCUT2D eigenvalue weighted by molar-refractivity contribution is 0.0995. The Morgan fingerprint density at radius 3 is 2.50 bits per heavy atom. The van der Waals surface area contributed by atoms with Gasteiger partial charge in [-0.25, -0.2) is 9.97 Å². The van der Waals surface area contributed by atoms with Crippen molar-refractivity contribution in [3.05, 3.63) is 60.2 Å². The molecule has 146 valence electrons. The van der Waals surface area contributed by atoms with Crippen LogP contribution in [0.3, 0.4) is 0 Å². The highest BCUT2D eigenvalue weighted by Crippen LogP contribution is 2.28. The first-order valence-corrected chi connectivity index (χ1v) is 8.19. The number of fused-ring (bicyclic) bond motifs is 1. The molecule has 0 unspecified atom stereocenters. The van der Waals surface area contributed by atoms with Gasteiger partial charge in [0.2, 0.25) is 5.89 Å². The number of benzene rings is 2. The van der Waals surface area contributed by atoms with E-state index in [-0.39, 0.29) is 30.5 Å². The van der Waals surface area contributed by atoms with E-state index >= 15 is 0 Å². The van der Waals surface area contributed by atoms with Crippen molar-refractivity contribution in [1.82, 2.24) is 15.0 Å². The number of halogens is 2. The molecule has 0 spiro atoms. The molecule has 0 aliphatic heterocycles. The van der Waals surface area contributed by atoms with E-state index in [1.807, 2.05) is 42.5 Å². The number of hydrogen-bond acceptors (Lipinski definition) is 5. The van der Waals surface area contributed by atoms with Crippen LogP contribution in [0.5, 0.6) is 0 Å². The number of carbonyl (C=O) groups excluding carboxylic acids is 1. The minimum Gasteiger partial charge on any atom is -0.444 e. The van der Waals surface area contributed by atoms with Crippen molar-refractivity contribution in [3.8, 4) is 22.6 Å². The van der Waals surface area contributed by atoms with Gasteiger partial charge in [0.05, 0.1) is 11.0 Å². The summed E-state index contributed by atoms with van der Waals surface area (Å²) in [5.41, 5.74) is 15.6. The zero-order valence-corrected chi connectivity index (χ0v) is 16.3. The first-order valence-electron chi connectivity index (χ1n) is 8.19. The number of nitrogens with one attached hydrogen (secondary N) is 1.